The van der Waals surface area contributed by atoms with Crippen LogP contribution in [-0.4, -0.2) is 14.2 Å². The van der Waals surface area contributed by atoms with E-state index in [1.54, 1.807) is 12.1 Å². The minimum absolute atomic E-state index is 0.0354. The van der Waals surface area contributed by atoms with Gasteiger partial charge in [-0.3, -0.25) is 0 Å². The molecule has 1 N–H and O–H groups in total. The van der Waals surface area contributed by atoms with Crippen molar-refractivity contribution in [3.8, 4) is 5.75 Å². The first kappa shape index (κ1) is 13.8. The number of rotatable bonds is 4. The van der Waals surface area contributed by atoms with Gasteiger partial charge in [-0.05, 0) is 42.4 Å². The van der Waals surface area contributed by atoms with Crippen molar-refractivity contribution >= 4 is 11.6 Å². The zero-order chi connectivity index (χ0) is 13.8. The van der Waals surface area contributed by atoms with Crippen molar-refractivity contribution in [1.29, 1.82) is 0 Å². The summed E-state index contributed by atoms with van der Waals surface area (Å²) in [6.07, 6.45) is 0. The SMILES string of the molecule is CNC(c1ccc(Cl)cc1)c1ccc(F)c(OC)c1. The molecule has 0 aliphatic rings. The molecule has 1 atom stereocenters. The van der Waals surface area contributed by atoms with E-state index in [0.29, 0.717) is 5.02 Å². The molecule has 1 unspecified atom stereocenters. The zero-order valence-corrected chi connectivity index (χ0v) is 11.5. The molecule has 2 aromatic rings. The highest BCUT2D eigenvalue weighted by Gasteiger charge is 2.14. The third-order valence-corrected chi connectivity index (χ3v) is 3.25. The second-order valence-corrected chi connectivity index (χ2v) is 4.60. The minimum atomic E-state index is -0.364. The molecule has 0 fully saturated rings. The first-order valence-electron chi connectivity index (χ1n) is 5.92. The molecule has 0 aliphatic heterocycles. The quantitative estimate of drug-likeness (QED) is 0.919. The number of halogens is 2. The van der Waals surface area contributed by atoms with Crippen molar-refractivity contribution in [1.82, 2.24) is 5.32 Å². The average molecular weight is 280 g/mol. The first-order valence-corrected chi connectivity index (χ1v) is 6.29. The molecule has 2 aromatic carbocycles. The predicted octanol–water partition coefficient (Wildman–Crippen LogP) is 3.80. The fourth-order valence-electron chi connectivity index (χ4n) is 2.04. The van der Waals surface area contributed by atoms with Crippen molar-refractivity contribution in [2.24, 2.45) is 0 Å². The highest BCUT2D eigenvalue weighted by Crippen LogP contribution is 2.27. The molecule has 4 heteroatoms. The van der Waals surface area contributed by atoms with Gasteiger partial charge in [-0.25, -0.2) is 4.39 Å². The summed E-state index contributed by atoms with van der Waals surface area (Å²) in [4.78, 5) is 0. The molecule has 0 spiro atoms. The van der Waals surface area contributed by atoms with Crippen molar-refractivity contribution in [3.05, 3.63) is 64.4 Å². The lowest BCUT2D eigenvalue weighted by Crippen LogP contribution is -2.17. The van der Waals surface area contributed by atoms with Crippen LogP contribution in [0.4, 0.5) is 4.39 Å². The third kappa shape index (κ3) is 3.06. The fraction of sp³-hybridized carbons (Fsp3) is 0.200. The molecule has 0 saturated heterocycles. The van der Waals surface area contributed by atoms with Gasteiger partial charge in [-0.1, -0.05) is 29.8 Å². The van der Waals surface area contributed by atoms with Crippen LogP contribution in [0.25, 0.3) is 0 Å². The standard InChI is InChI=1S/C15H15ClFNO/c1-18-15(10-3-6-12(16)7-4-10)11-5-8-13(17)14(9-11)19-2/h3-9,15,18H,1-2H3. The number of methoxy groups -OCH3 is 1. The van der Waals surface area contributed by atoms with E-state index in [1.807, 2.05) is 31.3 Å². The Hall–Kier alpha value is -1.58. The summed E-state index contributed by atoms with van der Waals surface area (Å²) < 4.78 is 18.4. The molecule has 0 aromatic heterocycles. The second-order valence-electron chi connectivity index (χ2n) is 4.17. The van der Waals surface area contributed by atoms with Crippen LogP contribution >= 0.6 is 11.6 Å². The first-order chi connectivity index (χ1) is 9.15. The number of ether oxygens (including phenoxy) is 1. The number of hydrogen-bond donors (Lipinski definition) is 1. The summed E-state index contributed by atoms with van der Waals surface area (Å²) in [6, 6.07) is 12.4. The molecule has 100 valence electrons. The summed E-state index contributed by atoms with van der Waals surface area (Å²) in [5.74, 6) is -0.121. The van der Waals surface area contributed by atoms with Crippen molar-refractivity contribution in [3.63, 3.8) is 0 Å². The van der Waals surface area contributed by atoms with Crippen LogP contribution in [0.3, 0.4) is 0 Å². The smallest absolute Gasteiger partial charge is 0.165 e. The predicted molar refractivity (Wildman–Crippen MR) is 75.3 cm³/mol. The fourth-order valence-corrected chi connectivity index (χ4v) is 2.16. The zero-order valence-electron chi connectivity index (χ0n) is 10.8. The summed E-state index contributed by atoms with van der Waals surface area (Å²) in [6.45, 7) is 0. The maximum Gasteiger partial charge on any atom is 0.165 e. The normalized spacial score (nSPS) is 12.2. The van der Waals surface area contributed by atoms with Gasteiger partial charge in [-0.2, -0.15) is 0 Å². The van der Waals surface area contributed by atoms with Gasteiger partial charge < -0.3 is 10.1 Å². The Kier molecular flexibility index (Phi) is 4.40. The second kappa shape index (κ2) is 6.04. The van der Waals surface area contributed by atoms with Gasteiger partial charge in [-0.15, -0.1) is 0 Å². The monoisotopic (exact) mass is 279 g/mol. The number of benzene rings is 2. The summed E-state index contributed by atoms with van der Waals surface area (Å²) in [5.41, 5.74) is 1.99. The van der Waals surface area contributed by atoms with Gasteiger partial charge in [0.25, 0.3) is 0 Å². The molecule has 0 bridgehead atoms. The number of nitrogens with one attached hydrogen (secondary N) is 1. The van der Waals surface area contributed by atoms with Gasteiger partial charge >= 0.3 is 0 Å². The largest absolute Gasteiger partial charge is 0.494 e. The van der Waals surface area contributed by atoms with E-state index >= 15 is 0 Å². The topological polar surface area (TPSA) is 21.3 Å². The lowest BCUT2D eigenvalue weighted by Gasteiger charge is -2.18. The lowest BCUT2D eigenvalue weighted by atomic mass is 9.98. The summed E-state index contributed by atoms with van der Waals surface area (Å²) >= 11 is 5.88. The Morgan fingerprint density at radius 3 is 2.32 bits per heavy atom. The Bertz CT molecular complexity index is 557. The van der Waals surface area contributed by atoms with Gasteiger partial charge in [0.1, 0.15) is 0 Å². The van der Waals surface area contributed by atoms with Gasteiger partial charge in [0.2, 0.25) is 0 Å². The van der Waals surface area contributed by atoms with Crippen LogP contribution in [0.1, 0.15) is 17.2 Å². The van der Waals surface area contributed by atoms with E-state index < -0.39 is 0 Å². The van der Waals surface area contributed by atoms with E-state index in [2.05, 4.69) is 5.32 Å². The molecular weight excluding hydrogens is 265 g/mol. The molecule has 0 heterocycles. The van der Waals surface area contributed by atoms with Gasteiger partial charge in [0.15, 0.2) is 11.6 Å². The lowest BCUT2D eigenvalue weighted by molar-refractivity contribution is 0.385. The Balaban J connectivity index is 2.39. The molecule has 19 heavy (non-hydrogen) atoms. The van der Waals surface area contributed by atoms with Crippen molar-refractivity contribution < 1.29 is 9.13 Å². The molecule has 2 nitrogen and oxygen atoms in total. The third-order valence-electron chi connectivity index (χ3n) is 3.00. The van der Waals surface area contributed by atoms with Crippen LogP contribution in [0.2, 0.25) is 5.02 Å². The molecule has 0 radical (unpaired) electrons. The maximum absolute atomic E-state index is 13.4. The van der Waals surface area contributed by atoms with E-state index in [4.69, 9.17) is 16.3 Å². The van der Waals surface area contributed by atoms with Crippen LogP contribution in [-0.2, 0) is 0 Å². The Labute approximate surface area is 117 Å². The number of hydrogen-bond acceptors (Lipinski definition) is 2. The molecule has 0 aliphatic carbocycles. The maximum atomic E-state index is 13.4. The Morgan fingerprint density at radius 1 is 1.11 bits per heavy atom. The highest BCUT2D eigenvalue weighted by molar-refractivity contribution is 6.30. The van der Waals surface area contributed by atoms with Crippen molar-refractivity contribution in [2.75, 3.05) is 14.2 Å². The van der Waals surface area contributed by atoms with E-state index in [9.17, 15) is 4.39 Å². The highest BCUT2D eigenvalue weighted by atomic mass is 35.5. The minimum Gasteiger partial charge on any atom is -0.494 e. The van der Waals surface area contributed by atoms with Crippen LogP contribution in [0.5, 0.6) is 5.75 Å². The Morgan fingerprint density at radius 2 is 1.74 bits per heavy atom. The van der Waals surface area contributed by atoms with Crippen LogP contribution < -0.4 is 10.1 Å². The van der Waals surface area contributed by atoms with E-state index in [-0.39, 0.29) is 17.6 Å². The van der Waals surface area contributed by atoms with Gasteiger partial charge in [0, 0.05) is 5.02 Å². The molecular formula is C15H15ClFNO. The summed E-state index contributed by atoms with van der Waals surface area (Å²) in [5, 5.41) is 3.89. The average Bonchev–Trinajstić information content (AvgIpc) is 2.43. The molecule has 0 saturated carbocycles. The van der Waals surface area contributed by atoms with Crippen molar-refractivity contribution in [2.45, 2.75) is 6.04 Å². The summed E-state index contributed by atoms with van der Waals surface area (Å²) in [7, 11) is 3.31. The van der Waals surface area contributed by atoms with Crippen LogP contribution in [0.15, 0.2) is 42.5 Å². The van der Waals surface area contributed by atoms with E-state index in [1.165, 1.54) is 13.2 Å². The molecule has 0 amide bonds. The van der Waals surface area contributed by atoms with E-state index in [0.717, 1.165) is 11.1 Å². The van der Waals surface area contributed by atoms with Crippen LogP contribution in [0, 0.1) is 5.82 Å². The molecule has 2 rings (SSSR count). The van der Waals surface area contributed by atoms with Gasteiger partial charge in [0.05, 0.1) is 13.2 Å².